The molecule has 0 spiro atoms. The molecule has 0 unspecified atom stereocenters. The first-order valence-electron chi connectivity index (χ1n) is 7.24. The predicted molar refractivity (Wildman–Crippen MR) is 80.8 cm³/mol. The zero-order valence-corrected chi connectivity index (χ0v) is 12.2. The van der Waals surface area contributed by atoms with Gasteiger partial charge < -0.3 is 14.2 Å². The molecule has 3 heteroatoms. The van der Waals surface area contributed by atoms with Crippen LogP contribution in [0.3, 0.4) is 0 Å². The second-order valence-corrected chi connectivity index (χ2v) is 5.28. The summed E-state index contributed by atoms with van der Waals surface area (Å²) in [6.07, 6.45) is 2.58. The van der Waals surface area contributed by atoms with Crippen LogP contribution in [0.25, 0.3) is 0 Å². The smallest absolute Gasteiger partial charge is 0.131 e. The van der Waals surface area contributed by atoms with Crippen molar-refractivity contribution in [3.8, 4) is 17.2 Å². The van der Waals surface area contributed by atoms with E-state index in [1.165, 1.54) is 12.8 Å². The summed E-state index contributed by atoms with van der Waals surface area (Å²) < 4.78 is 16.6. The van der Waals surface area contributed by atoms with Gasteiger partial charge in [-0.05, 0) is 48.6 Å². The van der Waals surface area contributed by atoms with Gasteiger partial charge >= 0.3 is 0 Å². The van der Waals surface area contributed by atoms with Crippen LogP contribution in [0, 0.1) is 12.0 Å². The molecule has 2 aromatic rings. The van der Waals surface area contributed by atoms with E-state index in [-0.39, 0.29) is 0 Å². The van der Waals surface area contributed by atoms with Crippen LogP contribution in [0.4, 0.5) is 0 Å². The van der Waals surface area contributed by atoms with E-state index in [4.69, 9.17) is 14.2 Å². The van der Waals surface area contributed by atoms with Crippen molar-refractivity contribution >= 4 is 0 Å². The highest BCUT2D eigenvalue weighted by Gasteiger charge is 2.21. The minimum absolute atomic E-state index is 0.507. The maximum absolute atomic E-state index is 5.75. The fraction of sp³-hybridized carbons (Fsp3) is 0.333. The molecule has 1 saturated carbocycles. The molecule has 0 atom stereocenters. The van der Waals surface area contributed by atoms with Crippen molar-refractivity contribution in [2.75, 3.05) is 13.7 Å². The standard InChI is InChI=1S/C18H19O3/c1-19-16-9-7-15(8-10-16)13-21-18-4-2-3-17(11-18)20-12-14-5-6-14/h2-3,7-11,14H,5-6,12-13H2,1H3. The first-order chi connectivity index (χ1) is 10.3. The van der Waals surface area contributed by atoms with Crippen LogP contribution in [-0.4, -0.2) is 13.7 Å². The number of hydrogen-bond acceptors (Lipinski definition) is 3. The van der Waals surface area contributed by atoms with Crippen molar-refractivity contribution < 1.29 is 14.2 Å². The molecule has 0 bridgehead atoms. The zero-order valence-electron chi connectivity index (χ0n) is 12.2. The second kappa shape index (κ2) is 6.53. The molecule has 0 aromatic heterocycles. The van der Waals surface area contributed by atoms with Gasteiger partial charge in [-0.1, -0.05) is 12.1 Å². The Kier molecular flexibility index (Phi) is 4.29. The van der Waals surface area contributed by atoms with Gasteiger partial charge in [0.1, 0.15) is 23.9 Å². The van der Waals surface area contributed by atoms with E-state index >= 15 is 0 Å². The monoisotopic (exact) mass is 283 g/mol. The van der Waals surface area contributed by atoms with Gasteiger partial charge in [0.25, 0.3) is 0 Å². The lowest BCUT2D eigenvalue weighted by Gasteiger charge is -2.09. The van der Waals surface area contributed by atoms with Gasteiger partial charge in [-0.2, -0.15) is 0 Å². The molecular formula is C18H19O3. The molecule has 1 radical (unpaired) electrons. The van der Waals surface area contributed by atoms with Crippen molar-refractivity contribution in [3.63, 3.8) is 0 Å². The number of benzene rings is 2. The minimum atomic E-state index is 0.507. The lowest BCUT2D eigenvalue weighted by molar-refractivity contribution is 0.286. The second-order valence-electron chi connectivity index (χ2n) is 5.28. The fourth-order valence-electron chi connectivity index (χ4n) is 1.98. The highest BCUT2D eigenvalue weighted by Crippen LogP contribution is 2.30. The van der Waals surface area contributed by atoms with Crippen LogP contribution in [0.15, 0.2) is 42.5 Å². The summed E-state index contributed by atoms with van der Waals surface area (Å²) in [6, 6.07) is 16.6. The number of rotatable bonds is 7. The summed E-state index contributed by atoms with van der Waals surface area (Å²) in [5, 5.41) is 0. The normalized spacial score (nSPS) is 13.8. The zero-order chi connectivity index (χ0) is 14.5. The molecule has 109 valence electrons. The molecule has 3 nitrogen and oxygen atoms in total. The number of ether oxygens (including phenoxy) is 3. The van der Waals surface area contributed by atoms with E-state index in [1.54, 1.807) is 7.11 Å². The number of hydrogen-bond donors (Lipinski definition) is 0. The maximum atomic E-state index is 5.75. The van der Waals surface area contributed by atoms with E-state index < -0.39 is 0 Å². The van der Waals surface area contributed by atoms with Crippen molar-refractivity contribution in [1.82, 2.24) is 0 Å². The largest absolute Gasteiger partial charge is 0.497 e. The quantitative estimate of drug-likeness (QED) is 0.772. The predicted octanol–water partition coefficient (Wildman–Crippen LogP) is 3.86. The fourth-order valence-corrected chi connectivity index (χ4v) is 1.98. The molecule has 21 heavy (non-hydrogen) atoms. The number of methoxy groups -OCH3 is 1. The maximum Gasteiger partial charge on any atom is 0.131 e. The highest BCUT2D eigenvalue weighted by molar-refractivity contribution is 5.32. The SMILES string of the molecule is COc1ccc(COc2[c]ccc(OCC3CC3)c2)cc1. The molecule has 0 saturated heterocycles. The molecule has 1 aliphatic carbocycles. The summed E-state index contributed by atoms with van der Waals surface area (Å²) in [7, 11) is 1.66. The summed E-state index contributed by atoms with van der Waals surface area (Å²) in [4.78, 5) is 0. The van der Waals surface area contributed by atoms with E-state index in [0.717, 1.165) is 29.6 Å². The third-order valence-corrected chi connectivity index (χ3v) is 3.48. The van der Waals surface area contributed by atoms with Crippen LogP contribution >= 0.6 is 0 Å². The lowest BCUT2D eigenvalue weighted by atomic mass is 10.2. The van der Waals surface area contributed by atoms with E-state index in [2.05, 4.69) is 6.07 Å². The van der Waals surface area contributed by atoms with Crippen LogP contribution < -0.4 is 14.2 Å². The summed E-state index contributed by atoms with van der Waals surface area (Å²) >= 11 is 0. The molecule has 0 N–H and O–H groups in total. The molecule has 0 amide bonds. The topological polar surface area (TPSA) is 27.7 Å². The van der Waals surface area contributed by atoms with Gasteiger partial charge in [-0.15, -0.1) is 0 Å². The molecular weight excluding hydrogens is 264 g/mol. The Bertz CT molecular complexity index is 573. The Morgan fingerprint density at radius 1 is 1.05 bits per heavy atom. The van der Waals surface area contributed by atoms with Gasteiger partial charge in [0, 0.05) is 12.1 Å². The van der Waals surface area contributed by atoms with Crippen molar-refractivity contribution in [1.29, 1.82) is 0 Å². The lowest BCUT2D eigenvalue weighted by Crippen LogP contribution is -2.00. The summed E-state index contributed by atoms with van der Waals surface area (Å²) in [5.74, 6) is 3.16. The summed E-state index contributed by atoms with van der Waals surface area (Å²) in [5.41, 5.74) is 1.09. The third-order valence-electron chi connectivity index (χ3n) is 3.48. The molecule has 3 rings (SSSR count). The average Bonchev–Trinajstić information content (AvgIpc) is 3.36. The van der Waals surface area contributed by atoms with Crippen molar-refractivity contribution in [3.05, 3.63) is 54.1 Å². The van der Waals surface area contributed by atoms with Crippen LogP contribution in [0.2, 0.25) is 0 Å². The van der Waals surface area contributed by atoms with Gasteiger partial charge in [-0.25, -0.2) is 0 Å². The first kappa shape index (κ1) is 13.8. The molecule has 0 aliphatic heterocycles. The minimum Gasteiger partial charge on any atom is -0.497 e. The average molecular weight is 283 g/mol. The Morgan fingerprint density at radius 3 is 2.57 bits per heavy atom. The first-order valence-corrected chi connectivity index (χ1v) is 7.24. The Balaban J connectivity index is 1.54. The van der Waals surface area contributed by atoms with Crippen LogP contribution in [0.1, 0.15) is 18.4 Å². The molecule has 2 aromatic carbocycles. The highest BCUT2D eigenvalue weighted by atomic mass is 16.5. The molecule has 0 heterocycles. The van der Waals surface area contributed by atoms with Crippen molar-refractivity contribution in [2.45, 2.75) is 19.4 Å². The molecule has 1 aliphatic rings. The van der Waals surface area contributed by atoms with Gasteiger partial charge in [0.15, 0.2) is 0 Å². The Hall–Kier alpha value is -2.16. The molecule has 1 fully saturated rings. The van der Waals surface area contributed by atoms with E-state index in [1.807, 2.05) is 42.5 Å². The summed E-state index contributed by atoms with van der Waals surface area (Å²) in [6.45, 7) is 1.31. The third kappa shape index (κ3) is 4.15. The van der Waals surface area contributed by atoms with Crippen LogP contribution in [-0.2, 0) is 6.61 Å². The van der Waals surface area contributed by atoms with Gasteiger partial charge in [-0.3, -0.25) is 0 Å². The Morgan fingerprint density at radius 2 is 1.86 bits per heavy atom. The van der Waals surface area contributed by atoms with E-state index in [0.29, 0.717) is 12.4 Å². The Labute approximate surface area is 125 Å². The van der Waals surface area contributed by atoms with Gasteiger partial charge in [0.05, 0.1) is 13.7 Å². The van der Waals surface area contributed by atoms with Gasteiger partial charge in [0.2, 0.25) is 0 Å². The van der Waals surface area contributed by atoms with E-state index in [9.17, 15) is 0 Å². The van der Waals surface area contributed by atoms with Crippen molar-refractivity contribution in [2.24, 2.45) is 5.92 Å². The van der Waals surface area contributed by atoms with Crippen LogP contribution in [0.5, 0.6) is 17.2 Å².